The number of aromatic carboxylic acids is 1. The monoisotopic (exact) mass is 282 g/mol. The minimum atomic E-state index is -0.942. The van der Waals surface area contributed by atoms with Crippen LogP contribution in [0.2, 0.25) is 0 Å². The summed E-state index contributed by atoms with van der Waals surface area (Å²) < 4.78 is 6.87. The molecule has 0 saturated carbocycles. The van der Waals surface area contributed by atoms with Gasteiger partial charge in [0.1, 0.15) is 11.4 Å². The zero-order valence-electron chi connectivity index (χ0n) is 11.5. The molecule has 1 aromatic carbocycles. The number of aromatic nitrogens is 2. The van der Waals surface area contributed by atoms with Gasteiger partial charge in [-0.2, -0.15) is 0 Å². The van der Waals surface area contributed by atoms with Gasteiger partial charge in [0.05, 0.1) is 18.4 Å². The van der Waals surface area contributed by atoms with Crippen molar-refractivity contribution in [2.24, 2.45) is 0 Å². The first kappa shape index (κ1) is 13.2. The number of hydrogen-bond donors (Lipinski definition) is 1. The Labute approximate surface area is 121 Å². The van der Waals surface area contributed by atoms with Crippen LogP contribution in [0, 0.1) is 0 Å². The average Bonchev–Trinajstić information content (AvgIpc) is 2.89. The van der Waals surface area contributed by atoms with Crippen LogP contribution >= 0.6 is 0 Å². The van der Waals surface area contributed by atoms with Crippen molar-refractivity contribution in [3.63, 3.8) is 0 Å². The molecule has 0 atom stereocenters. The van der Waals surface area contributed by atoms with E-state index in [1.165, 1.54) is 0 Å². The Morgan fingerprint density at radius 1 is 1.19 bits per heavy atom. The van der Waals surface area contributed by atoms with Gasteiger partial charge in [-0.25, -0.2) is 9.78 Å². The summed E-state index contributed by atoms with van der Waals surface area (Å²) in [6, 6.07) is 11.1. The topological polar surface area (TPSA) is 63.8 Å². The van der Waals surface area contributed by atoms with Gasteiger partial charge in [-0.1, -0.05) is 12.1 Å². The van der Waals surface area contributed by atoms with Crippen molar-refractivity contribution < 1.29 is 14.6 Å². The van der Waals surface area contributed by atoms with E-state index in [-0.39, 0.29) is 5.56 Å². The molecule has 2 aromatic heterocycles. The first-order valence-electron chi connectivity index (χ1n) is 6.49. The molecule has 5 nitrogen and oxygen atoms in total. The highest BCUT2D eigenvalue weighted by atomic mass is 16.5. The number of fused-ring (bicyclic) bond motifs is 1. The summed E-state index contributed by atoms with van der Waals surface area (Å²) in [6.07, 6.45) is 4.11. The molecule has 0 saturated heterocycles. The lowest BCUT2D eigenvalue weighted by molar-refractivity contribution is 0.0696. The van der Waals surface area contributed by atoms with Crippen molar-refractivity contribution in [1.82, 2.24) is 9.38 Å². The summed E-state index contributed by atoms with van der Waals surface area (Å²) in [5.41, 5.74) is 3.00. The van der Waals surface area contributed by atoms with Crippen LogP contribution < -0.4 is 4.74 Å². The SMILES string of the molecule is COc1ccc(Cc2cn3cc(C(=O)O)ccc3n2)cc1. The number of nitrogens with zero attached hydrogens (tertiary/aromatic N) is 2. The lowest BCUT2D eigenvalue weighted by atomic mass is 10.1. The van der Waals surface area contributed by atoms with E-state index in [1.54, 1.807) is 29.8 Å². The number of benzene rings is 1. The second kappa shape index (κ2) is 5.28. The number of carbonyl (C=O) groups is 1. The molecule has 5 heteroatoms. The van der Waals surface area contributed by atoms with E-state index in [4.69, 9.17) is 9.84 Å². The van der Waals surface area contributed by atoms with Crippen LogP contribution in [-0.4, -0.2) is 27.6 Å². The van der Waals surface area contributed by atoms with Crippen LogP contribution in [0.4, 0.5) is 0 Å². The minimum Gasteiger partial charge on any atom is -0.497 e. The Bertz CT molecular complexity index is 791. The number of imidazole rings is 1. The van der Waals surface area contributed by atoms with E-state index in [0.29, 0.717) is 6.42 Å². The fraction of sp³-hybridized carbons (Fsp3) is 0.125. The third-order valence-corrected chi connectivity index (χ3v) is 3.29. The maximum Gasteiger partial charge on any atom is 0.337 e. The summed E-state index contributed by atoms with van der Waals surface area (Å²) in [7, 11) is 1.64. The molecule has 106 valence electrons. The van der Waals surface area contributed by atoms with Crippen molar-refractivity contribution in [3.8, 4) is 5.75 Å². The van der Waals surface area contributed by atoms with Gasteiger partial charge in [-0.3, -0.25) is 0 Å². The molecule has 0 unspecified atom stereocenters. The standard InChI is InChI=1S/C16H14N2O3/c1-21-14-5-2-11(3-6-14)8-13-10-18-9-12(16(19)20)4-7-15(18)17-13/h2-7,9-10H,8H2,1H3,(H,19,20). The second-order valence-corrected chi connectivity index (χ2v) is 4.75. The van der Waals surface area contributed by atoms with Crippen molar-refractivity contribution in [3.05, 3.63) is 65.6 Å². The van der Waals surface area contributed by atoms with Crippen LogP contribution in [0.1, 0.15) is 21.6 Å². The molecule has 0 radical (unpaired) electrons. The van der Waals surface area contributed by atoms with E-state index in [0.717, 1.165) is 22.7 Å². The number of rotatable bonds is 4. The second-order valence-electron chi connectivity index (χ2n) is 4.75. The number of methoxy groups -OCH3 is 1. The average molecular weight is 282 g/mol. The van der Waals surface area contributed by atoms with E-state index in [9.17, 15) is 4.79 Å². The minimum absolute atomic E-state index is 0.246. The zero-order chi connectivity index (χ0) is 14.8. The molecule has 0 bridgehead atoms. The van der Waals surface area contributed by atoms with Gasteiger partial charge in [0.2, 0.25) is 0 Å². The first-order valence-corrected chi connectivity index (χ1v) is 6.49. The van der Waals surface area contributed by atoms with Gasteiger partial charge in [0.25, 0.3) is 0 Å². The summed E-state index contributed by atoms with van der Waals surface area (Å²) in [5.74, 6) is -0.123. The molecule has 2 heterocycles. The summed E-state index contributed by atoms with van der Waals surface area (Å²) in [5, 5.41) is 8.99. The molecule has 0 aliphatic carbocycles. The number of pyridine rings is 1. The molecular formula is C16H14N2O3. The van der Waals surface area contributed by atoms with Gasteiger partial charge in [0, 0.05) is 18.8 Å². The predicted octanol–water partition coefficient (Wildman–Crippen LogP) is 2.63. The van der Waals surface area contributed by atoms with E-state index in [1.807, 2.05) is 30.5 Å². The highest BCUT2D eigenvalue weighted by Gasteiger charge is 2.07. The molecular weight excluding hydrogens is 268 g/mol. The molecule has 3 rings (SSSR count). The van der Waals surface area contributed by atoms with Crippen LogP contribution in [0.25, 0.3) is 5.65 Å². The van der Waals surface area contributed by atoms with Crippen LogP contribution in [-0.2, 0) is 6.42 Å². The highest BCUT2D eigenvalue weighted by Crippen LogP contribution is 2.15. The Morgan fingerprint density at radius 2 is 1.95 bits per heavy atom. The van der Waals surface area contributed by atoms with Crippen molar-refractivity contribution in [2.45, 2.75) is 6.42 Å². The number of carboxylic acid groups (broad SMARTS) is 1. The fourth-order valence-electron chi connectivity index (χ4n) is 2.21. The Kier molecular flexibility index (Phi) is 3.31. The van der Waals surface area contributed by atoms with Gasteiger partial charge in [-0.15, -0.1) is 0 Å². The molecule has 0 aliphatic rings. The quantitative estimate of drug-likeness (QED) is 0.799. The van der Waals surface area contributed by atoms with E-state index >= 15 is 0 Å². The largest absolute Gasteiger partial charge is 0.497 e. The molecule has 21 heavy (non-hydrogen) atoms. The van der Waals surface area contributed by atoms with E-state index < -0.39 is 5.97 Å². The smallest absolute Gasteiger partial charge is 0.337 e. The Hall–Kier alpha value is -2.82. The maximum atomic E-state index is 11.0. The van der Waals surface area contributed by atoms with E-state index in [2.05, 4.69) is 4.98 Å². The van der Waals surface area contributed by atoms with Gasteiger partial charge in [-0.05, 0) is 29.8 Å². The third kappa shape index (κ3) is 2.72. The van der Waals surface area contributed by atoms with Crippen molar-refractivity contribution in [1.29, 1.82) is 0 Å². The van der Waals surface area contributed by atoms with Gasteiger partial charge >= 0.3 is 5.97 Å². The number of carboxylic acids is 1. The molecule has 3 aromatic rings. The Morgan fingerprint density at radius 3 is 2.62 bits per heavy atom. The molecule has 0 aliphatic heterocycles. The lowest BCUT2D eigenvalue weighted by Crippen LogP contribution is -1.97. The van der Waals surface area contributed by atoms with Crippen molar-refractivity contribution in [2.75, 3.05) is 7.11 Å². The number of hydrogen-bond acceptors (Lipinski definition) is 3. The summed E-state index contributed by atoms with van der Waals surface area (Å²) in [4.78, 5) is 15.4. The van der Waals surface area contributed by atoms with Gasteiger partial charge < -0.3 is 14.2 Å². The van der Waals surface area contributed by atoms with Crippen LogP contribution in [0.15, 0.2) is 48.8 Å². The molecule has 0 spiro atoms. The molecule has 0 amide bonds. The predicted molar refractivity (Wildman–Crippen MR) is 78.0 cm³/mol. The van der Waals surface area contributed by atoms with Crippen LogP contribution in [0.5, 0.6) is 5.75 Å². The molecule has 1 N–H and O–H groups in total. The first-order chi connectivity index (χ1) is 10.2. The maximum absolute atomic E-state index is 11.0. The fourth-order valence-corrected chi connectivity index (χ4v) is 2.21. The summed E-state index contributed by atoms with van der Waals surface area (Å²) >= 11 is 0. The van der Waals surface area contributed by atoms with Crippen LogP contribution in [0.3, 0.4) is 0 Å². The zero-order valence-corrected chi connectivity index (χ0v) is 11.5. The highest BCUT2D eigenvalue weighted by molar-refractivity contribution is 5.87. The third-order valence-electron chi connectivity index (χ3n) is 3.29. The van der Waals surface area contributed by atoms with Gasteiger partial charge in [0.15, 0.2) is 0 Å². The number of ether oxygens (including phenoxy) is 1. The van der Waals surface area contributed by atoms with Crippen molar-refractivity contribution >= 4 is 11.6 Å². The lowest BCUT2D eigenvalue weighted by Gasteiger charge is -2.01. The molecule has 0 fully saturated rings. The normalized spacial score (nSPS) is 10.7. The summed E-state index contributed by atoms with van der Waals surface area (Å²) in [6.45, 7) is 0. The Balaban J connectivity index is 1.88.